The molecule has 0 aromatic heterocycles. The Morgan fingerprint density at radius 2 is 1.91 bits per heavy atom. The second-order valence-electron chi connectivity index (χ2n) is 10.6. The highest BCUT2D eigenvalue weighted by molar-refractivity contribution is 5.94. The molecule has 0 aliphatic carbocycles. The van der Waals surface area contributed by atoms with Crippen molar-refractivity contribution in [2.24, 2.45) is 4.99 Å². The highest BCUT2D eigenvalue weighted by atomic mass is 19.1. The molecule has 1 amide bonds. The zero-order valence-corrected chi connectivity index (χ0v) is 27.4. The molecule has 0 fully saturated rings. The van der Waals surface area contributed by atoms with E-state index >= 15 is 0 Å². The minimum atomic E-state index is -0.307. The zero-order valence-electron chi connectivity index (χ0n) is 27.4. The molecule has 0 bridgehead atoms. The number of guanidine groups is 1. The molecular formula is C35H50FN5O2. The molecule has 0 spiro atoms. The van der Waals surface area contributed by atoms with Crippen molar-refractivity contribution in [1.29, 1.82) is 0 Å². The number of nitrogens with one attached hydrogen (secondary N) is 3. The number of aliphatic imine (C=N–C) groups is 1. The van der Waals surface area contributed by atoms with E-state index in [1.807, 2.05) is 13.8 Å². The highest BCUT2D eigenvalue weighted by Crippen LogP contribution is 2.37. The maximum atomic E-state index is 13.7. The van der Waals surface area contributed by atoms with E-state index in [0.717, 1.165) is 36.3 Å². The Hall–Kier alpha value is -3.99. The molecule has 234 valence electrons. The summed E-state index contributed by atoms with van der Waals surface area (Å²) in [6.07, 6.45) is 9.95. The van der Waals surface area contributed by atoms with Gasteiger partial charge in [0.15, 0.2) is 0 Å². The first kappa shape index (κ1) is 35.2. The normalized spacial score (nSPS) is 17.1. The molecule has 7 nitrogen and oxygen atoms in total. The van der Waals surface area contributed by atoms with Crippen LogP contribution in [0.3, 0.4) is 0 Å². The maximum absolute atomic E-state index is 13.7. The Bertz CT molecular complexity index is 1330. The first-order valence-electron chi connectivity index (χ1n) is 15.3. The predicted octanol–water partition coefficient (Wildman–Crippen LogP) is 6.55. The SMILES string of the molecule is C#CNC(=NC)NCCCOc1ccc(C(C)N2C(C)=CC(NC(=O)c3ccc(F)c(C)c3)CC2CC)c(C)c1C.CC. The largest absolute Gasteiger partial charge is 0.493 e. The third kappa shape index (κ3) is 9.25. The van der Waals surface area contributed by atoms with Crippen LogP contribution < -0.4 is 20.7 Å². The molecule has 3 atom stereocenters. The molecule has 0 radical (unpaired) electrons. The van der Waals surface area contributed by atoms with Crippen LogP contribution in [-0.2, 0) is 0 Å². The molecule has 0 saturated heterocycles. The van der Waals surface area contributed by atoms with E-state index < -0.39 is 0 Å². The van der Waals surface area contributed by atoms with Gasteiger partial charge in [-0.2, -0.15) is 0 Å². The standard InChI is InChI=1S/C33H44FN5O2.C2H6/c1-9-28-20-27(38-32(40)26-12-14-30(34)21(3)18-26)19-22(4)39(28)25(7)29-13-15-31(24(6)23(29)5)41-17-11-16-37-33(35-8)36-10-2;1-2/h2,12-15,18-19,25,27-28H,9,11,16-17,20H2,1,3-8H3,(H,38,40)(H2,35,36,37);1-2H3. The van der Waals surface area contributed by atoms with Crippen LogP contribution in [0.5, 0.6) is 5.75 Å². The van der Waals surface area contributed by atoms with Crippen molar-refractivity contribution in [2.45, 2.75) is 92.8 Å². The molecule has 2 aromatic rings. The van der Waals surface area contributed by atoms with E-state index in [9.17, 15) is 9.18 Å². The van der Waals surface area contributed by atoms with Crippen LogP contribution in [-0.4, -0.2) is 49.0 Å². The van der Waals surface area contributed by atoms with Gasteiger partial charge in [0.05, 0.1) is 18.7 Å². The smallest absolute Gasteiger partial charge is 0.251 e. The van der Waals surface area contributed by atoms with Crippen LogP contribution in [0.15, 0.2) is 47.1 Å². The minimum Gasteiger partial charge on any atom is -0.493 e. The first-order chi connectivity index (χ1) is 20.6. The lowest BCUT2D eigenvalue weighted by atomic mass is 9.90. The molecule has 3 N–H and O–H groups in total. The van der Waals surface area contributed by atoms with Gasteiger partial charge in [-0.25, -0.2) is 4.39 Å². The van der Waals surface area contributed by atoms with E-state index in [0.29, 0.717) is 30.2 Å². The molecule has 3 unspecified atom stereocenters. The molecular weight excluding hydrogens is 541 g/mol. The Kier molecular flexibility index (Phi) is 14.1. The fourth-order valence-corrected chi connectivity index (χ4v) is 5.55. The fraction of sp³-hybridized carbons (Fsp3) is 0.486. The number of aryl methyl sites for hydroxylation is 1. The second kappa shape index (κ2) is 17.2. The van der Waals surface area contributed by atoms with Gasteiger partial charge in [-0.1, -0.05) is 33.3 Å². The Morgan fingerprint density at radius 3 is 2.53 bits per heavy atom. The molecule has 8 heteroatoms. The van der Waals surface area contributed by atoms with Crippen molar-refractivity contribution in [1.82, 2.24) is 20.9 Å². The molecule has 1 heterocycles. The van der Waals surface area contributed by atoms with Gasteiger partial charge in [-0.05, 0) is 106 Å². The monoisotopic (exact) mass is 591 g/mol. The number of terminal acetylenes is 1. The summed E-state index contributed by atoms with van der Waals surface area (Å²) >= 11 is 0. The van der Waals surface area contributed by atoms with Crippen molar-refractivity contribution >= 4 is 11.9 Å². The number of hydrogen-bond donors (Lipinski definition) is 3. The van der Waals surface area contributed by atoms with E-state index in [2.05, 4.69) is 84.7 Å². The Balaban J connectivity index is 0.00000316. The number of carbonyl (C=O) groups excluding carboxylic acids is 1. The van der Waals surface area contributed by atoms with E-state index in [4.69, 9.17) is 11.2 Å². The number of nitrogens with zero attached hydrogens (tertiary/aromatic N) is 2. The van der Waals surface area contributed by atoms with Gasteiger partial charge in [0.2, 0.25) is 5.96 Å². The number of amides is 1. The van der Waals surface area contributed by atoms with Gasteiger partial charge in [0.25, 0.3) is 5.91 Å². The molecule has 3 rings (SSSR count). The third-order valence-corrected chi connectivity index (χ3v) is 7.91. The van der Waals surface area contributed by atoms with Crippen molar-refractivity contribution in [3.63, 3.8) is 0 Å². The number of hydrogen-bond acceptors (Lipinski definition) is 4. The molecule has 43 heavy (non-hydrogen) atoms. The van der Waals surface area contributed by atoms with Crippen LogP contribution >= 0.6 is 0 Å². The van der Waals surface area contributed by atoms with E-state index in [1.54, 1.807) is 20.0 Å². The first-order valence-corrected chi connectivity index (χ1v) is 15.3. The lowest BCUT2D eigenvalue weighted by Gasteiger charge is -2.44. The van der Waals surface area contributed by atoms with Crippen LogP contribution in [0.4, 0.5) is 4.39 Å². The third-order valence-electron chi connectivity index (χ3n) is 7.91. The van der Waals surface area contributed by atoms with E-state index in [-0.39, 0.29) is 29.8 Å². The summed E-state index contributed by atoms with van der Waals surface area (Å²) in [5, 5.41) is 9.02. The van der Waals surface area contributed by atoms with Gasteiger partial charge in [-0.3, -0.25) is 15.1 Å². The Morgan fingerprint density at radius 1 is 1.19 bits per heavy atom. The number of allylic oxidation sites excluding steroid dienone is 1. The summed E-state index contributed by atoms with van der Waals surface area (Å²) < 4.78 is 19.8. The van der Waals surface area contributed by atoms with Gasteiger partial charge < -0.3 is 20.3 Å². The second-order valence-corrected chi connectivity index (χ2v) is 10.6. The van der Waals surface area contributed by atoms with E-state index in [1.165, 1.54) is 23.3 Å². The summed E-state index contributed by atoms with van der Waals surface area (Å²) in [6, 6.07) is 11.4. The lowest BCUT2D eigenvalue weighted by Crippen LogP contribution is -2.46. The quantitative estimate of drug-likeness (QED) is 0.0961. The molecule has 1 aliphatic heterocycles. The minimum absolute atomic E-state index is 0.0867. The van der Waals surface area contributed by atoms with Crippen LogP contribution in [0.25, 0.3) is 0 Å². The number of carbonyl (C=O) groups is 1. The van der Waals surface area contributed by atoms with Gasteiger partial charge in [0.1, 0.15) is 11.6 Å². The van der Waals surface area contributed by atoms with Crippen molar-refractivity contribution in [3.8, 4) is 18.2 Å². The average molecular weight is 592 g/mol. The summed E-state index contributed by atoms with van der Waals surface area (Å²) in [7, 11) is 1.68. The van der Waals surface area contributed by atoms with Gasteiger partial charge in [-0.15, -0.1) is 0 Å². The number of rotatable bonds is 10. The number of ether oxygens (including phenoxy) is 1. The fourth-order valence-electron chi connectivity index (χ4n) is 5.55. The average Bonchev–Trinajstić information content (AvgIpc) is 3.00. The zero-order chi connectivity index (χ0) is 32.1. The lowest BCUT2D eigenvalue weighted by molar-refractivity contribution is 0.0921. The molecule has 0 saturated carbocycles. The summed E-state index contributed by atoms with van der Waals surface area (Å²) in [5.74, 6) is 0.974. The Labute approximate surface area is 258 Å². The number of halogens is 1. The molecule has 1 aliphatic rings. The van der Waals surface area contributed by atoms with Crippen molar-refractivity contribution in [3.05, 3.63) is 75.7 Å². The van der Waals surface area contributed by atoms with Crippen LogP contribution in [0.1, 0.15) is 92.5 Å². The molecule has 2 aromatic carbocycles. The van der Waals surface area contributed by atoms with Crippen molar-refractivity contribution < 1.29 is 13.9 Å². The summed E-state index contributed by atoms with van der Waals surface area (Å²) in [5.41, 5.74) is 5.69. The number of benzene rings is 2. The highest BCUT2D eigenvalue weighted by Gasteiger charge is 2.31. The summed E-state index contributed by atoms with van der Waals surface area (Å²) in [6.45, 7) is 17.7. The van der Waals surface area contributed by atoms with Crippen molar-refractivity contribution in [2.75, 3.05) is 20.2 Å². The van der Waals surface area contributed by atoms with Gasteiger partial charge >= 0.3 is 0 Å². The van der Waals surface area contributed by atoms with Gasteiger partial charge in [0, 0.05) is 36.9 Å². The maximum Gasteiger partial charge on any atom is 0.251 e. The summed E-state index contributed by atoms with van der Waals surface area (Å²) in [4.78, 5) is 19.4. The van der Waals surface area contributed by atoms with Crippen LogP contribution in [0, 0.1) is 39.1 Å². The predicted molar refractivity (Wildman–Crippen MR) is 176 cm³/mol. The topological polar surface area (TPSA) is 78.0 Å². The van der Waals surface area contributed by atoms with Crippen LogP contribution in [0.2, 0.25) is 0 Å².